The summed E-state index contributed by atoms with van der Waals surface area (Å²) in [6.07, 6.45) is 4.65. The number of nitrogens with one attached hydrogen (secondary N) is 2. The summed E-state index contributed by atoms with van der Waals surface area (Å²) in [5, 5.41) is 4.11. The molecule has 1 aromatic heterocycles. The topological polar surface area (TPSA) is 44.9 Å². The number of aromatic amines is 1. The summed E-state index contributed by atoms with van der Waals surface area (Å²) in [4.78, 5) is 15.9. The summed E-state index contributed by atoms with van der Waals surface area (Å²) in [5.41, 5.74) is 2.96. The molecule has 0 aliphatic heterocycles. The van der Waals surface area contributed by atoms with E-state index in [0.29, 0.717) is 5.56 Å². The molecule has 104 valence electrons. The Hall–Kier alpha value is -1.55. The molecule has 0 spiro atoms. The molecule has 1 fully saturated rings. The van der Waals surface area contributed by atoms with Crippen LogP contribution in [0.25, 0.3) is 10.9 Å². The Bertz CT molecular complexity index is 661. The molecule has 2 N–H and O–H groups in total. The Morgan fingerprint density at radius 3 is 3.00 bits per heavy atom. The fourth-order valence-electron chi connectivity index (χ4n) is 2.73. The highest BCUT2D eigenvalue weighted by Crippen LogP contribution is 2.28. The minimum atomic E-state index is -0.00980. The quantitative estimate of drug-likeness (QED) is 0.638. The van der Waals surface area contributed by atoms with E-state index in [9.17, 15) is 4.79 Å². The number of rotatable bonds is 2. The molecule has 2 atom stereocenters. The van der Waals surface area contributed by atoms with Crippen LogP contribution in [0.1, 0.15) is 29.6 Å². The SMILES string of the molecule is C=C1CCC(NC(=O)c2c[nH]c3ccccc23)C(Br)C1. The van der Waals surface area contributed by atoms with Gasteiger partial charge in [0.2, 0.25) is 0 Å². The fraction of sp³-hybridized carbons (Fsp3) is 0.312. The summed E-state index contributed by atoms with van der Waals surface area (Å²) in [7, 11) is 0. The molecule has 1 saturated carbocycles. The number of halogens is 1. The van der Waals surface area contributed by atoms with Crippen molar-refractivity contribution in [2.75, 3.05) is 0 Å². The van der Waals surface area contributed by atoms with Gasteiger partial charge in [-0.15, -0.1) is 0 Å². The average Bonchev–Trinajstić information content (AvgIpc) is 2.86. The van der Waals surface area contributed by atoms with Crippen molar-refractivity contribution in [1.82, 2.24) is 10.3 Å². The van der Waals surface area contributed by atoms with Gasteiger partial charge in [-0.25, -0.2) is 0 Å². The molecule has 2 unspecified atom stereocenters. The van der Waals surface area contributed by atoms with E-state index in [2.05, 4.69) is 32.8 Å². The predicted molar refractivity (Wildman–Crippen MR) is 85.3 cm³/mol. The van der Waals surface area contributed by atoms with Crippen LogP contribution in [0.15, 0.2) is 42.6 Å². The highest BCUT2D eigenvalue weighted by molar-refractivity contribution is 9.09. The first-order valence-corrected chi connectivity index (χ1v) is 7.74. The van der Waals surface area contributed by atoms with Gasteiger partial charge in [0, 0.05) is 28.0 Å². The molecule has 1 aromatic carbocycles. The number of fused-ring (bicyclic) bond motifs is 1. The van der Waals surface area contributed by atoms with Crippen LogP contribution in [-0.2, 0) is 0 Å². The lowest BCUT2D eigenvalue weighted by Gasteiger charge is -2.29. The lowest BCUT2D eigenvalue weighted by Crippen LogP contribution is -2.42. The molecule has 1 amide bonds. The highest BCUT2D eigenvalue weighted by atomic mass is 79.9. The van der Waals surface area contributed by atoms with E-state index in [1.807, 2.05) is 24.3 Å². The van der Waals surface area contributed by atoms with Crippen LogP contribution in [0.5, 0.6) is 0 Å². The summed E-state index contributed by atoms with van der Waals surface area (Å²) < 4.78 is 0. The van der Waals surface area contributed by atoms with Gasteiger partial charge in [0.25, 0.3) is 5.91 Å². The lowest BCUT2D eigenvalue weighted by molar-refractivity contribution is 0.0934. The number of hydrogen-bond donors (Lipinski definition) is 2. The Balaban J connectivity index is 1.78. The molecule has 3 nitrogen and oxygen atoms in total. The maximum absolute atomic E-state index is 12.4. The van der Waals surface area contributed by atoms with Crippen LogP contribution in [-0.4, -0.2) is 21.8 Å². The van der Waals surface area contributed by atoms with Gasteiger partial charge in [-0.05, 0) is 25.3 Å². The predicted octanol–water partition coefficient (Wildman–Crippen LogP) is 3.77. The minimum absolute atomic E-state index is 0.00980. The summed E-state index contributed by atoms with van der Waals surface area (Å²) in [5.74, 6) is -0.00980. The van der Waals surface area contributed by atoms with Crippen LogP contribution in [0.3, 0.4) is 0 Å². The molecule has 0 radical (unpaired) electrons. The van der Waals surface area contributed by atoms with Gasteiger partial charge in [0.1, 0.15) is 0 Å². The van der Waals surface area contributed by atoms with Gasteiger partial charge < -0.3 is 10.3 Å². The van der Waals surface area contributed by atoms with E-state index >= 15 is 0 Å². The third-order valence-electron chi connectivity index (χ3n) is 3.88. The average molecular weight is 333 g/mol. The molecule has 1 heterocycles. The number of benzene rings is 1. The molecule has 0 saturated heterocycles. The first-order valence-electron chi connectivity index (χ1n) is 6.83. The molecule has 1 aliphatic carbocycles. The van der Waals surface area contributed by atoms with Crippen LogP contribution in [0.2, 0.25) is 0 Å². The molecule has 3 rings (SSSR count). The molecule has 2 aromatic rings. The van der Waals surface area contributed by atoms with Crippen molar-refractivity contribution in [1.29, 1.82) is 0 Å². The van der Waals surface area contributed by atoms with Crippen molar-refractivity contribution >= 4 is 32.7 Å². The van der Waals surface area contributed by atoms with Crippen molar-refractivity contribution in [3.05, 3.63) is 48.2 Å². The zero-order chi connectivity index (χ0) is 14.1. The number of carbonyl (C=O) groups excluding carboxylic acids is 1. The first kappa shape index (κ1) is 13.4. The zero-order valence-corrected chi connectivity index (χ0v) is 12.7. The number of carbonyl (C=O) groups is 1. The van der Waals surface area contributed by atoms with Crippen molar-refractivity contribution in [2.45, 2.75) is 30.1 Å². The second-order valence-electron chi connectivity index (χ2n) is 5.34. The van der Waals surface area contributed by atoms with Crippen molar-refractivity contribution in [3.8, 4) is 0 Å². The van der Waals surface area contributed by atoms with Crippen molar-refractivity contribution < 1.29 is 4.79 Å². The van der Waals surface area contributed by atoms with Gasteiger partial charge in [-0.2, -0.15) is 0 Å². The number of aromatic nitrogens is 1. The molecule has 0 bridgehead atoms. The van der Waals surface area contributed by atoms with Crippen LogP contribution in [0, 0.1) is 0 Å². The summed E-state index contributed by atoms with van der Waals surface area (Å²) >= 11 is 3.65. The largest absolute Gasteiger partial charge is 0.360 e. The van der Waals surface area contributed by atoms with Crippen LogP contribution >= 0.6 is 15.9 Å². The molecule has 1 aliphatic rings. The maximum Gasteiger partial charge on any atom is 0.253 e. The van der Waals surface area contributed by atoms with Gasteiger partial charge in [0.15, 0.2) is 0 Å². The monoisotopic (exact) mass is 332 g/mol. The molecular formula is C16H17BrN2O. The highest BCUT2D eigenvalue weighted by Gasteiger charge is 2.26. The Labute approximate surface area is 126 Å². The number of hydrogen-bond acceptors (Lipinski definition) is 1. The summed E-state index contributed by atoms with van der Waals surface area (Å²) in [6.45, 7) is 4.02. The number of H-pyrrole nitrogens is 1. The molecule has 4 heteroatoms. The van der Waals surface area contributed by atoms with Gasteiger partial charge in [-0.1, -0.05) is 46.3 Å². The maximum atomic E-state index is 12.4. The number of amides is 1. The Kier molecular flexibility index (Phi) is 3.66. The lowest BCUT2D eigenvalue weighted by atomic mass is 9.91. The Morgan fingerprint density at radius 2 is 2.20 bits per heavy atom. The van der Waals surface area contributed by atoms with E-state index < -0.39 is 0 Å². The van der Waals surface area contributed by atoms with Crippen LogP contribution in [0.4, 0.5) is 0 Å². The summed E-state index contributed by atoms with van der Waals surface area (Å²) in [6, 6.07) is 8.02. The number of alkyl halides is 1. The normalized spacial score (nSPS) is 22.9. The standard InChI is InChI=1S/C16H17BrN2O/c1-10-6-7-15(13(17)8-10)19-16(20)12-9-18-14-5-3-2-4-11(12)14/h2-5,9,13,15,18H,1,6-8H2,(H,19,20). The van der Waals surface area contributed by atoms with Crippen molar-refractivity contribution in [3.63, 3.8) is 0 Å². The van der Waals surface area contributed by atoms with E-state index in [0.717, 1.165) is 30.2 Å². The van der Waals surface area contributed by atoms with Crippen LogP contribution < -0.4 is 5.32 Å². The second kappa shape index (κ2) is 5.44. The van der Waals surface area contributed by atoms with Crippen molar-refractivity contribution in [2.24, 2.45) is 0 Å². The van der Waals surface area contributed by atoms with Gasteiger partial charge in [-0.3, -0.25) is 4.79 Å². The third kappa shape index (κ3) is 2.52. The smallest absolute Gasteiger partial charge is 0.253 e. The van der Waals surface area contributed by atoms with E-state index in [-0.39, 0.29) is 16.8 Å². The second-order valence-corrected chi connectivity index (χ2v) is 6.51. The third-order valence-corrected chi connectivity index (χ3v) is 4.84. The van der Waals surface area contributed by atoms with Gasteiger partial charge in [0.05, 0.1) is 5.56 Å². The van der Waals surface area contributed by atoms with E-state index in [1.54, 1.807) is 6.20 Å². The van der Waals surface area contributed by atoms with E-state index in [4.69, 9.17) is 0 Å². The minimum Gasteiger partial charge on any atom is -0.360 e. The zero-order valence-electron chi connectivity index (χ0n) is 11.2. The molecular weight excluding hydrogens is 316 g/mol. The van der Waals surface area contributed by atoms with Gasteiger partial charge >= 0.3 is 0 Å². The molecule has 20 heavy (non-hydrogen) atoms. The fourth-order valence-corrected chi connectivity index (χ4v) is 3.58. The first-order chi connectivity index (χ1) is 9.65. The van der Waals surface area contributed by atoms with E-state index in [1.165, 1.54) is 5.57 Å². The Morgan fingerprint density at radius 1 is 1.40 bits per heavy atom. The number of para-hydroxylation sites is 1. The number of allylic oxidation sites excluding steroid dienone is 1.